The van der Waals surface area contributed by atoms with Crippen LogP contribution in [0.3, 0.4) is 0 Å². The quantitative estimate of drug-likeness (QED) is 0.628. The maximum Gasteiger partial charge on any atom is 0.285 e. The summed E-state index contributed by atoms with van der Waals surface area (Å²) in [7, 11) is -5.34. The van der Waals surface area contributed by atoms with E-state index in [9.17, 15) is 8.42 Å². The second kappa shape index (κ2) is 6.73. The SMILES string of the molecule is CCCCOS(C)(C)OS(=O)(=O)CCC. The van der Waals surface area contributed by atoms with Gasteiger partial charge in [-0.1, -0.05) is 20.3 Å². The normalized spacial score (nSPS) is 14.1. The van der Waals surface area contributed by atoms with E-state index in [1.54, 1.807) is 19.4 Å². The molecule has 0 aromatic heterocycles. The predicted molar refractivity (Wildman–Crippen MR) is 65.5 cm³/mol. The summed E-state index contributed by atoms with van der Waals surface area (Å²) < 4.78 is 33.3. The van der Waals surface area contributed by atoms with Crippen molar-refractivity contribution in [3.05, 3.63) is 0 Å². The van der Waals surface area contributed by atoms with Crippen LogP contribution < -0.4 is 0 Å². The largest absolute Gasteiger partial charge is 0.285 e. The Balaban J connectivity index is 4.12. The zero-order valence-corrected chi connectivity index (χ0v) is 11.6. The third-order valence-corrected chi connectivity index (χ3v) is 5.37. The molecule has 0 bridgehead atoms. The Morgan fingerprint density at radius 2 is 1.67 bits per heavy atom. The van der Waals surface area contributed by atoms with Gasteiger partial charge >= 0.3 is 0 Å². The molecule has 0 aromatic rings. The molecule has 0 heterocycles. The lowest BCUT2D eigenvalue weighted by molar-refractivity contribution is 0.318. The van der Waals surface area contributed by atoms with E-state index in [-0.39, 0.29) is 5.75 Å². The Morgan fingerprint density at radius 1 is 1.07 bits per heavy atom. The fourth-order valence-electron chi connectivity index (χ4n) is 0.957. The van der Waals surface area contributed by atoms with Crippen LogP contribution in [0, 0.1) is 0 Å². The van der Waals surface area contributed by atoms with Crippen molar-refractivity contribution in [2.24, 2.45) is 0 Å². The molecule has 0 radical (unpaired) electrons. The molecule has 0 N–H and O–H groups in total. The first kappa shape index (κ1) is 15.2. The first-order chi connectivity index (χ1) is 6.83. The summed E-state index contributed by atoms with van der Waals surface area (Å²) in [5.41, 5.74) is 0. The molecular weight excluding hydrogens is 236 g/mol. The highest BCUT2D eigenvalue weighted by molar-refractivity contribution is 8.28. The third kappa shape index (κ3) is 8.07. The Labute approximate surface area is 95.2 Å². The predicted octanol–water partition coefficient (Wildman–Crippen LogP) is 2.45. The summed E-state index contributed by atoms with van der Waals surface area (Å²) in [5.74, 6) is 0.0561. The van der Waals surface area contributed by atoms with Gasteiger partial charge in [0, 0.05) is 12.5 Å². The van der Waals surface area contributed by atoms with Gasteiger partial charge in [-0.15, -0.1) is 0 Å². The average Bonchev–Trinajstić information content (AvgIpc) is 2.01. The van der Waals surface area contributed by atoms with Gasteiger partial charge in [0.15, 0.2) is 0 Å². The van der Waals surface area contributed by atoms with Crippen LogP contribution in [0.1, 0.15) is 33.1 Å². The van der Waals surface area contributed by atoms with Gasteiger partial charge in [0.25, 0.3) is 10.1 Å². The minimum Gasteiger partial charge on any atom is -0.284 e. The van der Waals surface area contributed by atoms with Gasteiger partial charge in [-0.3, -0.25) is 4.18 Å². The second-order valence-corrected chi connectivity index (χ2v) is 8.24. The molecule has 0 spiro atoms. The van der Waals surface area contributed by atoms with Crippen LogP contribution in [0.5, 0.6) is 0 Å². The van der Waals surface area contributed by atoms with Gasteiger partial charge < -0.3 is 0 Å². The highest BCUT2D eigenvalue weighted by Gasteiger charge is 2.19. The van der Waals surface area contributed by atoms with Crippen molar-refractivity contribution in [2.45, 2.75) is 33.1 Å². The molecule has 0 fully saturated rings. The van der Waals surface area contributed by atoms with Crippen molar-refractivity contribution in [2.75, 3.05) is 24.9 Å². The molecule has 4 nitrogen and oxygen atoms in total. The minimum absolute atomic E-state index is 0.0561. The Kier molecular flexibility index (Phi) is 6.83. The summed E-state index contributed by atoms with van der Waals surface area (Å²) >= 11 is 0. The number of rotatable bonds is 8. The van der Waals surface area contributed by atoms with E-state index >= 15 is 0 Å². The lowest BCUT2D eigenvalue weighted by atomic mass is 10.4. The molecule has 94 valence electrons. The summed E-state index contributed by atoms with van der Waals surface area (Å²) in [6.07, 6.45) is 5.92. The molecule has 0 aliphatic carbocycles. The van der Waals surface area contributed by atoms with Crippen molar-refractivity contribution < 1.29 is 16.2 Å². The van der Waals surface area contributed by atoms with Crippen molar-refractivity contribution in [3.8, 4) is 0 Å². The van der Waals surface area contributed by atoms with E-state index in [1.165, 1.54) is 0 Å². The Bertz CT molecular complexity index is 259. The molecule has 0 aromatic carbocycles. The van der Waals surface area contributed by atoms with Crippen LogP contribution in [-0.4, -0.2) is 33.3 Å². The molecule has 0 aliphatic heterocycles. The van der Waals surface area contributed by atoms with Gasteiger partial charge in [-0.25, -0.2) is 0 Å². The first-order valence-corrected chi connectivity index (χ1v) is 9.02. The fraction of sp³-hybridized carbons (Fsp3) is 1.00. The summed E-state index contributed by atoms with van der Waals surface area (Å²) in [6, 6.07) is 0. The molecule has 0 saturated carbocycles. The average molecular weight is 258 g/mol. The maximum atomic E-state index is 11.4. The zero-order valence-electron chi connectivity index (χ0n) is 9.99. The van der Waals surface area contributed by atoms with Gasteiger partial charge in [0.1, 0.15) is 0 Å². The zero-order chi connectivity index (χ0) is 11.9. The summed E-state index contributed by atoms with van der Waals surface area (Å²) in [6.45, 7) is 4.42. The van der Waals surface area contributed by atoms with Crippen molar-refractivity contribution in [1.82, 2.24) is 0 Å². The van der Waals surface area contributed by atoms with E-state index in [0.29, 0.717) is 13.0 Å². The molecule has 0 saturated heterocycles. The van der Waals surface area contributed by atoms with Crippen LogP contribution in [-0.2, 0) is 17.9 Å². The van der Waals surface area contributed by atoms with Gasteiger partial charge in [-0.05, 0) is 12.8 Å². The van der Waals surface area contributed by atoms with E-state index < -0.39 is 20.7 Å². The third-order valence-electron chi connectivity index (χ3n) is 1.59. The fourth-order valence-corrected chi connectivity index (χ4v) is 4.40. The van der Waals surface area contributed by atoms with E-state index in [2.05, 4.69) is 6.92 Å². The van der Waals surface area contributed by atoms with E-state index in [1.807, 2.05) is 0 Å². The molecule has 0 unspecified atom stereocenters. The molecule has 6 heteroatoms. The maximum absolute atomic E-state index is 11.4. The smallest absolute Gasteiger partial charge is 0.284 e. The summed E-state index contributed by atoms with van der Waals surface area (Å²) in [4.78, 5) is 0. The minimum atomic E-state index is -3.41. The van der Waals surface area contributed by atoms with Crippen LogP contribution in [0.4, 0.5) is 0 Å². The number of hydrogen-bond donors (Lipinski definition) is 0. The Hall–Kier alpha value is 0.220. The molecule has 0 rings (SSSR count). The molecule has 15 heavy (non-hydrogen) atoms. The van der Waals surface area contributed by atoms with Gasteiger partial charge in [0.2, 0.25) is 0 Å². The van der Waals surface area contributed by atoms with Gasteiger partial charge in [0.05, 0.1) is 12.4 Å². The van der Waals surface area contributed by atoms with E-state index in [0.717, 1.165) is 12.8 Å². The standard InChI is InChI=1S/C9H22O4S2/c1-5-7-8-12-14(3,4)13-15(10,11)9-6-2/h5-9H2,1-4H3. The van der Waals surface area contributed by atoms with Crippen LogP contribution in [0.25, 0.3) is 0 Å². The highest BCUT2D eigenvalue weighted by Crippen LogP contribution is 2.44. The highest BCUT2D eigenvalue weighted by atomic mass is 32.3. The number of hydrogen-bond acceptors (Lipinski definition) is 4. The van der Waals surface area contributed by atoms with Crippen molar-refractivity contribution in [3.63, 3.8) is 0 Å². The Morgan fingerprint density at radius 3 is 2.13 bits per heavy atom. The van der Waals surface area contributed by atoms with Crippen molar-refractivity contribution >= 4 is 20.7 Å². The molecule has 0 atom stereocenters. The lowest BCUT2D eigenvalue weighted by Crippen LogP contribution is -2.15. The summed E-state index contributed by atoms with van der Waals surface area (Å²) in [5, 5.41) is 0. The lowest BCUT2D eigenvalue weighted by Gasteiger charge is -2.33. The van der Waals surface area contributed by atoms with E-state index in [4.69, 9.17) is 7.81 Å². The topological polar surface area (TPSA) is 52.6 Å². The molecule has 0 amide bonds. The molecular formula is C9H22O4S2. The molecule has 0 aliphatic rings. The van der Waals surface area contributed by atoms with Crippen LogP contribution >= 0.6 is 10.6 Å². The van der Waals surface area contributed by atoms with Gasteiger partial charge in [-0.2, -0.15) is 22.6 Å². The van der Waals surface area contributed by atoms with Crippen LogP contribution in [0.2, 0.25) is 0 Å². The van der Waals surface area contributed by atoms with Crippen LogP contribution in [0.15, 0.2) is 0 Å². The second-order valence-electron chi connectivity index (χ2n) is 3.65. The van der Waals surface area contributed by atoms with Crippen molar-refractivity contribution in [1.29, 1.82) is 0 Å². The number of unbranched alkanes of at least 4 members (excludes halogenated alkanes) is 1. The monoisotopic (exact) mass is 258 g/mol. The first-order valence-electron chi connectivity index (χ1n) is 5.14.